The molecule has 1 aromatic carbocycles. The predicted molar refractivity (Wildman–Crippen MR) is 153 cm³/mol. The van der Waals surface area contributed by atoms with Gasteiger partial charge in [0.1, 0.15) is 10.9 Å². The molecule has 204 valence electrons. The van der Waals surface area contributed by atoms with Crippen molar-refractivity contribution in [1.82, 2.24) is 10.6 Å². The van der Waals surface area contributed by atoms with E-state index in [-0.39, 0.29) is 34.8 Å². The summed E-state index contributed by atoms with van der Waals surface area (Å²) in [5, 5.41) is 16.4. The molecule has 5 rings (SSSR count). The number of thiophene rings is 2. The molecule has 39 heavy (non-hydrogen) atoms. The number of carboxylic acids is 1. The number of carbonyl (C=O) groups is 3. The van der Waals surface area contributed by atoms with E-state index in [4.69, 9.17) is 0 Å². The van der Waals surface area contributed by atoms with Crippen molar-refractivity contribution in [3.05, 3.63) is 51.7 Å². The number of hydrogen-bond acceptors (Lipinski definition) is 9. The summed E-state index contributed by atoms with van der Waals surface area (Å²) in [5.41, 5.74) is 0.234. The van der Waals surface area contributed by atoms with Crippen LogP contribution in [0.15, 0.2) is 41.4 Å². The van der Waals surface area contributed by atoms with Gasteiger partial charge in [0.15, 0.2) is 11.5 Å². The van der Waals surface area contributed by atoms with E-state index in [1.807, 2.05) is 6.07 Å². The number of aliphatic carboxylic acids is 1. The van der Waals surface area contributed by atoms with Crippen LogP contribution in [0, 0.1) is 5.92 Å². The lowest BCUT2D eigenvalue weighted by atomic mass is 9.93. The molecule has 0 radical (unpaired) electrons. The van der Waals surface area contributed by atoms with Gasteiger partial charge in [0.2, 0.25) is 10.3 Å². The van der Waals surface area contributed by atoms with Gasteiger partial charge in [-0.25, -0.2) is 9.79 Å². The third-order valence-corrected chi connectivity index (χ3v) is 10.3. The van der Waals surface area contributed by atoms with Crippen molar-refractivity contribution in [2.24, 2.45) is 10.9 Å². The van der Waals surface area contributed by atoms with Gasteiger partial charge < -0.3 is 15.7 Å². The van der Waals surface area contributed by atoms with Crippen LogP contribution in [0.25, 0.3) is 9.40 Å². The number of fused-ring (bicyclic) bond motifs is 2. The number of nitrogens with zero attached hydrogens (tertiary/aromatic N) is 1. The van der Waals surface area contributed by atoms with E-state index in [1.165, 1.54) is 41.5 Å². The first-order valence-corrected chi connectivity index (χ1v) is 15.5. The molecule has 3 N–H and O–H groups in total. The largest absolute Gasteiger partial charge is 0.480 e. The average molecular weight is 586 g/mol. The van der Waals surface area contributed by atoms with E-state index < -0.39 is 28.2 Å². The Kier molecular flexibility index (Phi) is 8.36. The molecule has 0 unspecified atom stereocenters. The molecule has 0 aliphatic carbocycles. The summed E-state index contributed by atoms with van der Waals surface area (Å²) in [6.45, 7) is 2.18. The lowest BCUT2D eigenvalue weighted by molar-refractivity contribution is -0.141. The van der Waals surface area contributed by atoms with Crippen molar-refractivity contribution in [2.75, 3.05) is 13.1 Å². The number of amides is 1. The number of nitrogens with one attached hydrogen (secondary N) is 2. The average Bonchev–Trinajstić information content (AvgIpc) is 3.61. The Balaban J connectivity index is 1.19. The van der Waals surface area contributed by atoms with E-state index in [2.05, 4.69) is 21.7 Å². The Labute approximate surface area is 234 Å². The highest BCUT2D eigenvalue weighted by Gasteiger charge is 2.32. The van der Waals surface area contributed by atoms with Crippen molar-refractivity contribution in [2.45, 2.75) is 44.6 Å². The molecule has 1 saturated heterocycles. The van der Waals surface area contributed by atoms with Gasteiger partial charge in [-0.15, -0.1) is 22.7 Å². The summed E-state index contributed by atoms with van der Waals surface area (Å²) in [7, 11) is -2.75. The van der Waals surface area contributed by atoms with Crippen LogP contribution in [-0.4, -0.2) is 60.9 Å². The van der Waals surface area contributed by atoms with Crippen molar-refractivity contribution in [1.29, 1.82) is 0 Å². The van der Waals surface area contributed by atoms with Crippen LogP contribution in [0.2, 0.25) is 0 Å². The Morgan fingerprint density at radius 3 is 2.62 bits per heavy atom. The third kappa shape index (κ3) is 6.19. The van der Waals surface area contributed by atoms with Gasteiger partial charge in [-0.3, -0.25) is 9.59 Å². The van der Waals surface area contributed by atoms with Crippen LogP contribution in [0.4, 0.5) is 5.69 Å². The lowest BCUT2D eigenvalue weighted by Crippen LogP contribution is -2.45. The van der Waals surface area contributed by atoms with Crippen molar-refractivity contribution >= 4 is 76.3 Å². The Morgan fingerprint density at radius 2 is 1.90 bits per heavy atom. The molecular weight excluding hydrogens is 559 g/mol. The van der Waals surface area contributed by atoms with E-state index >= 15 is 0 Å². The topological polar surface area (TPSA) is 142 Å². The molecule has 4 heterocycles. The second-order valence-electron chi connectivity index (χ2n) is 9.67. The number of carbonyl (C=O) groups excluding carboxylic acids is 2. The molecule has 2 aliphatic rings. The zero-order chi connectivity index (χ0) is 27.5. The first-order chi connectivity index (χ1) is 18.8. The molecule has 3 aromatic rings. The number of Topliss-reactive ketones (excluding diaryl/α,β-unsaturated/α-hetero) is 1. The molecule has 0 spiro atoms. The fourth-order valence-electron chi connectivity index (χ4n) is 4.94. The van der Waals surface area contributed by atoms with Gasteiger partial charge in [0.05, 0.1) is 14.6 Å². The fourth-order valence-corrected chi connectivity index (χ4v) is 8.06. The fraction of sp³-hybridized carbons (Fsp3) is 0.370. The number of carboxylic acid groups (broad SMARTS) is 1. The molecule has 0 saturated carbocycles. The highest BCUT2D eigenvalue weighted by molar-refractivity contribution is 7.76. The first kappa shape index (κ1) is 27.4. The van der Waals surface area contributed by atoms with Gasteiger partial charge in [0, 0.05) is 22.2 Å². The maximum atomic E-state index is 12.9. The molecule has 0 bridgehead atoms. The van der Waals surface area contributed by atoms with Crippen LogP contribution in [0.1, 0.15) is 52.2 Å². The number of hydrogen-bond donors (Lipinski definition) is 3. The molecule has 2 aliphatic heterocycles. The summed E-state index contributed by atoms with van der Waals surface area (Å²) in [6.07, 6.45) is 4.43. The number of aliphatic imine (C=N–C) groups is 1. The molecule has 1 fully saturated rings. The van der Waals surface area contributed by atoms with Crippen molar-refractivity contribution in [3.63, 3.8) is 0 Å². The molecule has 2 aromatic heterocycles. The van der Waals surface area contributed by atoms with Crippen LogP contribution < -0.4 is 10.6 Å². The van der Waals surface area contributed by atoms with Gasteiger partial charge in [-0.05, 0) is 69.3 Å². The summed E-state index contributed by atoms with van der Waals surface area (Å²) in [4.78, 5) is 43.3. The van der Waals surface area contributed by atoms with E-state index in [1.54, 1.807) is 29.5 Å². The standard InChI is InChI=1S/C27H27N3O6S3/c31-21(22-14-16-13-17(37-27(16)38-22)6-5-15-9-11-28-12-10-15)8-7-20(26(33)34)30-25(32)23-24(39(35)36)18-3-1-2-4-19(18)29-23/h1-4,13-15,20,28H,5-12H2,(H,30,32)(H,33,34)/t20-/m0/s1. The van der Waals surface area contributed by atoms with E-state index in [9.17, 15) is 27.9 Å². The monoisotopic (exact) mass is 585 g/mol. The Bertz CT molecular complexity index is 1570. The van der Waals surface area contributed by atoms with Crippen LogP contribution in [0.5, 0.6) is 0 Å². The molecule has 9 nitrogen and oxygen atoms in total. The van der Waals surface area contributed by atoms with Crippen LogP contribution in [-0.2, 0) is 26.3 Å². The lowest BCUT2D eigenvalue weighted by Gasteiger charge is -2.22. The Morgan fingerprint density at radius 1 is 1.13 bits per heavy atom. The third-order valence-electron chi connectivity index (χ3n) is 7.04. The quantitative estimate of drug-likeness (QED) is 0.244. The van der Waals surface area contributed by atoms with Gasteiger partial charge >= 0.3 is 5.97 Å². The molecular formula is C27H27N3O6S3. The number of aryl methyl sites for hydroxylation is 1. The molecule has 1 amide bonds. The first-order valence-electron chi connectivity index (χ1n) is 12.7. The minimum atomic E-state index is -2.75. The zero-order valence-corrected chi connectivity index (χ0v) is 23.4. The normalized spacial score (nSPS) is 16.1. The smallest absolute Gasteiger partial charge is 0.326 e. The summed E-state index contributed by atoms with van der Waals surface area (Å²) < 4.78 is 24.7. The minimum Gasteiger partial charge on any atom is -0.480 e. The Hall–Kier alpha value is -3.19. The zero-order valence-electron chi connectivity index (χ0n) is 20.9. The minimum absolute atomic E-state index is 0.0790. The summed E-state index contributed by atoms with van der Waals surface area (Å²) >= 11 is 3.12. The number of benzene rings is 1. The van der Waals surface area contributed by atoms with Crippen LogP contribution >= 0.6 is 22.7 Å². The van der Waals surface area contributed by atoms with Gasteiger partial charge in [0.25, 0.3) is 5.91 Å². The summed E-state index contributed by atoms with van der Waals surface area (Å²) in [6, 6.07) is 9.00. The molecule has 1 atom stereocenters. The van der Waals surface area contributed by atoms with Gasteiger partial charge in [-0.2, -0.15) is 8.42 Å². The molecule has 12 heteroatoms. The van der Waals surface area contributed by atoms with E-state index in [0.717, 1.165) is 34.8 Å². The maximum Gasteiger partial charge on any atom is 0.326 e. The van der Waals surface area contributed by atoms with Crippen molar-refractivity contribution in [3.8, 4) is 0 Å². The maximum absolute atomic E-state index is 12.9. The number of ketones is 1. The highest BCUT2D eigenvalue weighted by Crippen LogP contribution is 2.35. The van der Waals surface area contributed by atoms with E-state index in [0.29, 0.717) is 10.6 Å². The predicted octanol–water partition coefficient (Wildman–Crippen LogP) is 3.61. The van der Waals surface area contributed by atoms with Gasteiger partial charge in [-0.1, -0.05) is 18.2 Å². The number of piperidine rings is 1. The summed E-state index contributed by atoms with van der Waals surface area (Å²) in [5.74, 6) is -1.67. The highest BCUT2D eigenvalue weighted by atomic mass is 32.2. The van der Waals surface area contributed by atoms with Crippen molar-refractivity contribution < 1.29 is 27.9 Å². The number of rotatable bonds is 10. The second kappa shape index (κ2) is 11.9. The number of para-hydroxylation sites is 1. The SMILES string of the molecule is O=C(N[C@@H](CCC(=O)c1cc2cc(CCC3CCNCC3)sc2s1)C(=O)O)C1=Nc2ccccc2C1=S(=O)=O. The second-order valence-corrected chi connectivity index (χ2v) is 13.0. The van der Waals surface area contributed by atoms with Crippen LogP contribution in [0.3, 0.4) is 0 Å².